The number of benzene rings is 4. The molecule has 3 N–H and O–H groups in total. The molecule has 1 aliphatic heterocycles. The van der Waals surface area contributed by atoms with Crippen LogP contribution in [0, 0.1) is 5.92 Å². The number of fused-ring (bicyclic) bond motifs is 1. The van der Waals surface area contributed by atoms with Crippen LogP contribution in [0.1, 0.15) is 16.4 Å². The number of anilines is 1. The summed E-state index contributed by atoms with van der Waals surface area (Å²) in [4.78, 5) is 6.25. The third kappa shape index (κ3) is 4.91. The number of nitrogens with one attached hydrogen (secondary N) is 1. The predicted molar refractivity (Wildman–Crippen MR) is 141 cm³/mol. The fourth-order valence-corrected chi connectivity index (χ4v) is 5.57. The Labute approximate surface area is 208 Å². The number of aromatic hydroxyl groups is 2. The average Bonchev–Trinajstić information content (AvgIpc) is 3.02. The molecule has 0 amide bonds. The maximum atomic E-state index is 9.89. The lowest BCUT2D eigenvalue weighted by molar-refractivity contribution is 0.474. The van der Waals surface area contributed by atoms with Gasteiger partial charge in [0.2, 0.25) is 0 Å². The van der Waals surface area contributed by atoms with Gasteiger partial charge in [-0.3, -0.25) is 4.99 Å². The molecular weight excluding hydrogens is 464 g/mol. The lowest BCUT2D eigenvalue weighted by Crippen LogP contribution is -2.28. The summed E-state index contributed by atoms with van der Waals surface area (Å²) >= 11 is 7.85. The van der Waals surface area contributed by atoms with Crippen molar-refractivity contribution in [3.05, 3.63) is 113 Å². The first kappa shape index (κ1) is 22.4. The molecule has 0 bridgehead atoms. The quantitative estimate of drug-likeness (QED) is 0.274. The Morgan fingerprint density at radius 2 is 1.44 bits per heavy atom. The summed E-state index contributed by atoms with van der Waals surface area (Å²) < 4.78 is 0. The Bertz CT molecular complexity index is 1310. The van der Waals surface area contributed by atoms with Crippen LogP contribution >= 0.6 is 23.4 Å². The van der Waals surface area contributed by atoms with E-state index in [2.05, 4.69) is 11.4 Å². The van der Waals surface area contributed by atoms with E-state index in [9.17, 15) is 10.2 Å². The SMILES string of the molecule is Oc1ccc(C2=Nc3ccccc3SC(c3ccc(O)cc3)C2CNc2ccc(Cl)cc2)cc1. The van der Waals surface area contributed by atoms with Gasteiger partial charge in [0.25, 0.3) is 0 Å². The van der Waals surface area contributed by atoms with Crippen LogP contribution in [0.4, 0.5) is 11.4 Å². The number of halogens is 1. The maximum Gasteiger partial charge on any atom is 0.115 e. The molecule has 2 unspecified atom stereocenters. The highest BCUT2D eigenvalue weighted by molar-refractivity contribution is 7.99. The van der Waals surface area contributed by atoms with Crippen LogP contribution in [0.3, 0.4) is 0 Å². The molecule has 0 fully saturated rings. The number of hydrogen-bond acceptors (Lipinski definition) is 5. The van der Waals surface area contributed by atoms with E-state index in [0.717, 1.165) is 33.1 Å². The zero-order valence-electron chi connectivity index (χ0n) is 18.2. The number of thioether (sulfide) groups is 1. The fraction of sp³-hybridized carbons (Fsp3) is 0.107. The second-order valence-corrected chi connectivity index (χ2v) is 9.76. The smallest absolute Gasteiger partial charge is 0.115 e. The molecule has 2 atom stereocenters. The molecule has 4 aromatic carbocycles. The average molecular weight is 487 g/mol. The number of para-hydroxylation sites is 1. The van der Waals surface area contributed by atoms with Crippen molar-refractivity contribution in [1.82, 2.24) is 0 Å². The molecule has 0 radical (unpaired) electrons. The third-order valence-corrected chi connectivity index (χ3v) is 7.54. The van der Waals surface area contributed by atoms with Crippen LogP contribution < -0.4 is 5.32 Å². The van der Waals surface area contributed by atoms with Crippen molar-refractivity contribution in [3.63, 3.8) is 0 Å². The van der Waals surface area contributed by atoms with Crippen molar-refractivity contribution in [2.45, 2.75) is 10.1 Å². The summed E-state index contributed by atoms with van der Waals surface area (Å²) in [5.74, 6) is 0.451. The van der Waals surface area contributed by atoms with E-state index in [1.807, 2.05) is 66.7 Å². The van der Waals surface area contributed by atoms with Crippen LogP contribution in [0.25, 0.3) is 0 Å². The Balaban J connectivity index is 1.61. The second kappa shape index (κ2) is 9.84. The van der Waals surface area contributed by atoms with Gasteiger partial charge in [0.15, 0.2) is 0 Å². The standard InChI is InChI=1S/C28H23ClN2O2S/c29-20-9-11-21(12-10-20)30-17-24-27(18-5-13-22(32)14-6-18)31-25-3-1-2-4-26(25)34-28(24)19-7-15-23(33)16-8-19/h1-16,24,28,30,32-33H,17H2. The van der Waals surface area contributed by atoms with Gasteiger partial charge in [-0.1, -0.05) is 35.9 Å². The number of rotatable bonds is 5. The molecule has 0 saturated heterocycles. The van der Waals surface area contributed by atoms with E-state index < -0.39 is 0 Å². The number of aliphatic imine (C=N–C) groups is 1. The second-order valence-electron chi connectivity index (χ2n) is 8.14. The topological polar surface area (TPSA) is 64.9 Å². The van der Waals surface area contributed by atoms with Gasteiger partial charge < -0.3 is 15.5 Å². The number of phenols is 2. The Hall–Kier alpha value is -3.41. The molecule has 1 heterocycles. The molecule has 0 spiro atoms. The highest BCUT2D eigenvalue weighted by Gasteiger charge is 2.33. The molecule has 0 aromatic heterocycles. The Morgan fingerprint density at radius 3 is 2.15 bits per heavy atom. The van der Waals surface area contributed by atoms with E-state index in [0.29, 0.717) is 11.6 Å². The van der Waals surface area contributed by atoms with Crippen molar-refractivity contribution in [2.75, 3.05) is 11.9 Å². The van der Waals surface area contributed by atoms with Crippen LogP contribution in [0.15, 0.2) is 107 Å². The van der Waals surface area contributed by atoms with Crippen molar-refractivity contribution in [1.29, 1.82) is 0 Å². The number of phenolic OH excluding ortho intramolecular Hbond substituents is 2. The van der Waals surface area contributed by atoms with Crippen LogP contribution in [0.2, 0.25) is 5.02 Å². The van der Waals surface area contributed by atoms with Crippen molar-refractivity contribution in [3.8, 4) is 11.5 Å². The van der Waals surface area contributed by atoms with Gasteiger partial charge in [0, 0.05) is 33.3 Å². The minimum Gasteiger partial charge on any atom is -0.508 e. The van der Waals surface area contributed by atoms with E-state index in [4.69, 9.17) is 16.6 Å². The van der Waals surface area contributed by atoms with Crippen LogP contribution in [-0.4, -0.2) is 22.5 Å². The first-order valence-corrected chi connectivity index (χ1v) is 12.2. The first-order valence-electron chi connectivity index (χ1n) is 11.0. The Morgan fingerprint density at radius 1 is 0.794 bits per heavy atom. The summed E-state index contributed by atoms with van der Waals surface area (Å²) in [7, 11) is 0. The van der Waals surface area contributed by atoms with E-state index in [1.165, 1.54) is 0 Å². The van der Waals surface area contributed by atoms with Gasteiger partial charge in [0.1, 0.15) is 11.5 Å². The minimum absolute atomic E-state index is 0.0119. The summed E-state index contributed by atoms with van der Waals surface area (Å²) in [5.41, 5.74) is 4.91. The van der Waals surface area contributed by atoms with Crippen molar-refractivity contribution in [2.24, 2.45) is 10.9 Å². The molecule has 6 heteroatoms. The molecule has 34 heavy (non-hydrogen) atoms. The fourth-order valence-electron chi connectivity index (χ4n) is 4.10. The number of hydrogen-bond donors (Lipinski definition) is 3. The van der Waals surface area contributed by atoms with Gasteiger partial charge in [-0.15, -0.1) is 11.8 Å². The lowest BCUT2D eigenvalue weighted by Gasteiger charge is -2.28. The monoisotopic (exact) mass is 486 g/mol. The molecule has 4 aromatic rings. The minimum atomic E-state index is -0.0119. The number of nitrogens with zero attached hydrogens (tertiary/aromatic N) is 1. The summed E-state index contributed by atoms with van der Waals surface area (Å²) in [5, 5.41) is 24.1. The van der Waals surface area contributed by atoms with Crippen molar-refractivity contribution < 1.29 is 10.2 Å². The highest BCUT2D eigenvalue weighted by atomic mass is 35.5. The molecule has 1 aliphatic rings. The molecule has 0 aliphatic carbocycles. The molecular formula is C28H23ClN2O2S. The third-order valence-electron chi connectivity index (χ3n) is 5.83. The normalized spacial score (nSPS) is 17.4. The van der Waals surface area contributed by atoms with Gasteiger partial charge in [-0.25, -0.2) is 0 Å². The first-order chi connectivity index (χ1) is 16.6. The molecule has 5 rings (SSSR count). The van der Waals surface area contributed by atoms with Gasteiger partial charge in [0.05, 0.1) is 11.4 Å². The van der Waals surface area contributed by atoms with Gasteiger partial charge >= 0.3 is 0 Å². The van der Waals surface area contributed by atoms with E-state index >= 15 is 0 Å². The van der Waals surface area contributed by atoms with Crippen molar-refractivity contribution >= 4 is 40.4 Å². The summed E-state index contributed by atoms with van der Waals surface area (Å²) in [6, 6.07) is 30.5. The molecule has 0 saturated carbocycles. The summed E-state index contributed by atoms with van der Waals surface area (Å²) in [6.45, 7) is 0.633. The van der Waals surface area contributed by atoms with Gasteiger partial charge in [-0.05, 0) is 83.9 Å². The van der Waals surface area contributed by atoms with E-state index in [-0.39, 0.29) is 22.7 Å². The van der Waals surface area contributed by atoms with Gasteiger partial charge in [-0.2, -0.15) is 0 Å². The molecule has 170 valence electrons. The molecule has 4 nitrogen and oxygen atoms in total. The lowest BCUT2D eigenvalue weighted by atomic mass is 9.89. The van der Waals surface area contributed by atoms with Crippen LogP contribution in [-0.2, 0) is 0 Å². The highest BCUT2D eigenvalue weighted by Crippen LogP contribution is 2.48. The zero-order chi connectivity index (χ0) is 23.5. The largest absolute Gasteiger partial charge is 0.508 e. The van der Waals surface area contributed by atoms with Crippen LogP contribution in [0.5, 0.6) is 11.5 Å². The maximum absolute atomic E-state index is 9.89. The summed E-state index contributed by atoms with van der Waals surface area (Å²) in [6.07, 6.45) is 0. The Kier molecular flexibility index (Phi) is 6.48. The zero-order valence-corrected chi connectivity index (χ0v) is 19.8. The van der Waals surface area contributed by atoms with E-state index in [1.54, 1.807) is 36.0 Å². The predicted octanol–water partition coefficient (Wildman–Crippen LogP) is 7.45.